The number of amides is 1. The van der Waals surface area contributed by atoms with Crippen molar-refractivity contribution >= 4 is 11.9 Å². The first-order chi connectivity index (χ1) is 10.7. The van der Waals surface area contributed by atoms with Crippen LogP contribution in [0.25, 0.3) is 0 Å². The second kappa shape index (κ2) is 5.80. The highest BCUT2D eigenvalue weighted by molar-refractivity contribution is 5.83. The number of carbonyl (C=O) groups excluding carboxylic acids is 1. The van der Waals surface area contributed by atoms with E-state index in [1.54, 1.807) is 0 Å². The topological polar surface area (TPSA) is 86.6 Å². The molecule has 0 radical (unpaired) electrons. The first kappa shape index (κ1) is 23.1. The second-order valence-electron chi connectivity index (χ2n) is 4.19. The van der Waals surface area contributed by atoms with Crippen molar-refractivity contribution in [1.82, 2.24) is 5.48 Å². The molecule has 0 aromatic rings. The third kappa shape index (κ3) is 2.73. The van der Waals surface area contributed by atoms with Crippen molar-refractivity contribution in [3.63, 3.8) is 0 Å². The number of nitrogens with one attached hydrogen (secondary N) is 1. The zero-order valence-electron chi connectivity index (χ0n) is 10.7. The standard InChI is InChI=1S/C8H3F12NO4/c9-3(10,1(22)21-25)5(13,14)7(17,18)8(19,20)6(15,16)4(11,12)2(23)24/h25H,(H,21,22)(H,23,24). The Labute approximate surface area is 127 Å². The Morgan fingerprint density at radius 1 is 0.600 bits per heavy atom. The van der Waals surface area contributed by atoms with Crippen molar-refractivity contribution in [1.29, 1.82) is 0 Å². The van der Waals surface area contributed by atoms with E-state index in [1.807, 2.05) is 0 Å². The molecule has 3 N–H and O–H groups in total. The van der Waals surface area contributed by atoms with Gasteiger partial charge in [-0.2, -0.15) is 52.7 Å². The summed E-state index contributed by atoms with van der Waals surface area (Å²) in [5.74, 6) is -53.9. The number of halogens is 12. The van der Waals surface area contributed by atoms with E-state index in [0.717, 1.165) is 0 Å². The maximum atomic E-state index is 13.0. The Morgan fingerprint density at radius 2 is 0.880 bits per heavy atom. The molecule has 0 saturated heterocycles. The molecule has 0 spiro atoms. The predicted molar refractivity (Wildman–Crippen MR) is 47.2 cm³/mol. The van der Waals surface area contributed by atoms with Crippen LogP contribution in [0.2, 0.25) is 0 Å². The summed E-state index contributed by atoms with van der Waals surface area (Å²) in [4.78, 5) is 20.0. The minimum Gasteiger partial charge on any atom is -0.477 e. The molecular weight excluding hydrogens is 402 g/mol. The van der Waals surface area contributed by atoms with Gasteiger partial charge in [-0.25, -0.2) is 10.3 Å². The molecule has 0 fully saturated rings. The van der Waals surface area contributed by atoms with Crippen LogP contribution < -0.4 is 5.48 Å². The molecule has 0 aromatic heterocycles. The summed E-state index contributed by atoms with van der Waals surface area (Å²) in [6.07, 6.45) is 0. The van der Waals surface area contributed by atoms with Crippen LogP contribution in [0.3, 0.4) is 0 Å². The zero-order valence-corrected chi connectivity index (χ0v) is 10.7. The van der Waals surface area contributed by atoms with Crippen LogP contribution in [0.1, 0.15) is 0 Å². The molecule has 0 heterocycles. The van der Waals surface area contributed by atoms with Gasteiger partial charge >= 0.3 is 47.4 Å². The summed E-state index contributed by atoms with van der Waals surface area (Å²) in [6.45, 7) is 0. The maximum absolute atomic E-state index is 13.0. The van der Waals surface area contributed by atoms with Gasteiger partial charge in [-0.3, -0.25) is 10.0 Å². The molecule has 0 bridgehead atoms. The van der Waals surface area contributed by atoms with Crippen molar-refractivity contribution in [2.75, 3.05) is 0 Å². The normalized spacial score (nSPS) is 15.1. The highest BCUT2D eigenvalue weighted by Gasteiger charge is 2.92. The number of hydroxylamine groups is 1. The third-order valence-electron chi connectivity index (χ3n) is 2.63. The van der Waals surface area contributed by atoms with Gasteiger partial charge in [0.2, 0.25) is 0 Å². The van der Waals surface area contributed by atoms with E-state index >= 15 is 0 Å². The molecule has 0 aromatic carbocycles. The van der Waals surface area contributed by atoms with E-state index in [9.17, 15) is 62.3 Å². The fourth-order valence-electron chi connectivity index (χ4n) is 1.14. The molecule has 0 aliphatic heterocycles. The van der Waals surface area contributed by atoms with Gasteiger partial charge < -0.3 is 5.11 Å². The molecule has 0 atom stereocenters. The van der Waals surface area contributed by atoms with Crippen LogP contribution in [-0.2, 0) is 9.59 Å². The van der Waals surface area contributed by atoms with E-state index in [-0.39, 0.29) is 5.48 Å². The van der Waals surface area contributed by atoms with E-state index in [4.69, 9.17) is 10.3 Å². The van der Waals surface area contributed by atoms with Gasteiger partial charge in [0.25, 0.3) is 0 Å². The number of carbonyl (C=O) groups is 2. The van der Waals surface area contributed by atoms with Crippen LogP contribution in [0.5, 0.6) is 0 Å². The second-order valence-corrected chi connectivity index (χ2v) is 4.19. The largest absolute Gasteiger partial charge is 0.477 e. The van der Waals surface area contributed by atoms with Crippen LogP contribution in [-0.4, -0.2) is 57.7 Å². The summed E-state index contributed by atoms with van der Waals surface area (Å²) < 4.78 is 154. The summed E-state index contributed by atoms with van der Waals surface area (Å²) in [5.41, 5.74) is -0.355. The van der Waals surface area contributed by atoms with Crippen LogP contribution in [0, 0.1) is 0 Å². The molecule has 0 aliphatic rings. The molecule has 17 heteroatoms. The Hall–Kier alpha value is -1.94. The van der Waals surface area contributed by atoms with E-state index in [1.165, 1.54) is 0 Å². The molecule has 0 unspecified atom stereocenters. The molecule has 0 rings (SSSR count). The van der Waals surface area contributed by atoms with Gasteiger partial charge in [0.05, 0.1) is 0 Å². The van der Waals surface area contributed by atoms with Gasteiger partial charge in [-0.15, -0.1) is 0 Å². The van der Waals surface area contributed by atoms with Gasteiger partial charge in [0.15, 0.2) is 0 Å². The minimum atomic E-state index is -8.11. The third-order valence-corrected chi connectivity index (χ3v) is 2.63. The Balaban J connectivity index is 6.49. The summed E-state index contributed by atoms with van der Waals surface area (Å²) in [7, 11) is 0. The SMILES string of the molecule is O=C(O)C(F)(F)C(F)(F)C(F)(F)C(F)(F)C(F)(F)C(F)(F)C(=O)NO. The fraction of sp³-hybridized carbons (Fsp3) is 0.750. The average molecular weight is 405 g/mol. The lowest BCUT2D eigenvalue weighted by atomic mass is 9.91. The minimum absolute atomic E-state index is 0.355. The van der Waals surface area contributed by atoms with Gasteiger partial charge in [-0.05, 0) is 0 Å². The Morgan fingerprint density at radius 3 is 1.12 bits per heavy atom. The summed E-state index contributed by atoms with van der Waals surface area (Å²) in [6, 6.07) is 0. The van der Waals surface area contributed by atoms with Crippen LogP contribution in [0.4, 0.5) is 52.7 Å². The lowest BCUT2D eigenvalue weighted by Gasteiger charge is -2.39. The smallest absolute Gasteiger partial charge is 0.410 e. The molecule has 5 nitrogen and oxygen atoms in total. The average Bonchev–Trinajstić information content (AvgIpc) is 2.44. The predicted octanol–water partition coefficient (Wildman–Crippen LogP) is 2.39. The molecule has 148 valence electrons. The van der Waals surface area contributed by atoms with Crippen molar-refractivity contribution < 1.29 is 72.6 Å². The van der Waals surface area contributed by atoms with Gasteiger partial charge in [0, 0.05) is 0 Å². The van der Waals surface area contributed by atoms with Crippen molar-refractivity contribution in [2.45, 2.75) is 35.5 Å². The van der Waals surface area contributed by atoms with E-state index in [2.05, 4.69) is 0 Å². The fourth-order valence-corrected chi connectivity index (χ4v) is 1.14. The molecule has 0 saturated carbocycles. The molecule has 0 aliphatic carbocycles. The summed E-state index contributed by atoms with van der Waals surface area (Å²) in [5, 5.41) is 15.3. The van der Waals surface area contributed by atoms with Crippen molar-refractivity contribution in [3.8, 4) is 0 Å². The van der Waals surface area contributed by atoms with E-state index < -0.39 is 47.4 Å². The quantitative estimate of drug-likeness (QED) is 0.345. The van der Waals surface area contributed by atoms with E-state index in [0.29, 0.717) is 0 Å². The Bertz CT molecular complexity index is 559. The zero-order chi connectivity index (χ0) is 20.9. The maximum Gasteiger partial charge on any atom is 0.410 e. The lowest BCUT2D eigenvalue weighted by molar-refractivity contribution is -0.416. The molecule has 1 amide bonds. The van der Waals surface area contributed by atoms with Gasteiger partial charge in [-0.1, -0.05) is 0 Å². The first-order valence-electron chi connectivity index (χ1n) is 5.12. The lowest BCUT2D eigenvalue weighted by Crippen LogP contribution is -2.73. The van der Waals surface area contributed by atoms with Crippen molar-refractivity contribution in [3.05, 3.63) is 0 Å². The number of rotatable bonds is 7. The number of hydrogen-bond acceptors (Lipinski definition) is 3. The number of aliphatic carboxylic acids is 1. The highest BCUT2D eigenvalue weighted by atomic mass is 19.4. The number of carboxylic acid groups (broad SMARTS) is 1. The molecule has 25 heavy (non-hydrogen) atoms. The Kier molecular flexibility index (Phi) is 5.35. The first-order valence-corrected chi connectivity index (χ1v) is 5.12. The molecular formula is C8H3F12NO4. The van der Waals surface area contributed by atoms with Crippen LogP contribution in [0.15, 0.2) is 0 Å². The number of alkyl halides is 12. The van der Waals surface area contributed by atoms with Crippen LogP contribution >= 0.6 is 0 Å². The monoisotopic (exact) mass is 405 g/mol. The summed E-state index contributed by atoms with van der Waals surface area (Å²) >= 11 is 0. The number of hydrogen-bond donors (Lipinski definition) is 3. The highest BCUT2D eigenvalue weighted by Crippen LogP contribution is 2.59. The van der Waals surface area contributed by atoms with Gasteiger partial charge in [0.1, 0.15) is 0 Å². The number of carboxylic acids is 1. The van der Waals surface area contributed by atoms with Crippen molar-refractivity contribution in [2.24, 2.45) is 0 Å².